The molecule has 4 nitrogen and oxygen atoms in total. The van der Waals surface area contributed by atoms with Crippen molar-refractivity contribution >= 4 is 5.97 Å². The molecule has 0 amide bonds. The van der Waals surface area contributed by atoms with Crippen molar-refractivity contribution in [2.75, 3.05) is 26.7 Å². The predicted octanol–water partition coefficient (Wildman–Crippen LogP) is 1.87. The third-order valence-corrected chi connectivity index (χ3v) is 4.23. The molecule has 116 valence electrons. The van der Waals surface area contributed by atoms with E-state index in [-0.39, 0.29) is 0 Å². The quantitative estimate of drug-likeness (QED) is 0.841. The lowest BCUT2D eigenvalue weighted by atomic mass is 9.89. The molecule has 1 heterocycles. The van der Waals surface area contributed by atoms with E-state index < -0.39 is 11.6 Å². The van der Waals surface area contributed by atoms with Crippen LogP contribution >= 0.6 is 0 Å². The average Bonchev–Trinajstić information content (AvgIpc) is 2.49. The van der Waals surface area contributed by atoms with Gasteiger partial charge in [-0.05, 0) is 50.8 Å². The van der Waals surface area contributed by atoms with Gasteiger partial charge in [0, 0.05) is 6.54 Å². The lowest BCUT2D eigenvalue weighted by Crippen LogP contribution is -2.49. The first-order valence-corrected chi connectivity index (χ1v) is 7.58. The number of piperidine rings is 1. The number of rotatable bonds is 5. The topological polar surface area (TPSA) is 49.8 Å². The maximum atomic E-state index is 11.5. The van der Waals surface area contributed by atoms with Crippen molar-refractivity contribution in [2.24, 2.45) is 5.92 Å². The summed E-state index contributed by atoms with van der Waals surface area (Å²) < 4.78 is 4.64. The fourth-order valence-electron chi connectivity index (χ4n) is 3.02. The molecule has 0 spiro atoms. The van der Waals surface area contributed by atoms with Crippen molar-refractivity contribution in [2.45, 2.75) is 31.8 Å². The number of aliphatic hydroxyl groups is 1. The van der Waals surface area contributed by atoms with Crippen LogP contribution in [0.5, 0.6) is 0 Å². The van der Waals surface area contributed by atoms with E-state index in [9.17, 15) is 9.90 Å². The average molecular weight is 291 g/mol. The van der Waals surface area contributed by atoms with Crippen LogP contribution in [0.2, 0.25) is 0 Å². The Hall–Kier alpha value is -1.39. The Morgan fingerprint density at radius 1 is 1.33 bits per heavy atom. The minimum absolute atomic E-state index is 0.345. The van der Waals surface area contributed by atoms with Crippen LogP contribution in [0.25, 0.3) is 0 Å². The van der Waals surface area contributed by atoms with Gasteiger partial charge in [-0.1, -0.05) is 30.3 Å². The third-order valence-electron chi connectivity index (χ3n) is 4.23. The highest BCUT2D eigenvalue weighted by atomic mass is 16.5. The number of ether oxygens (including phenoxy) is 1. The van der Waals surface area contributed by atoms with Crippen molar-refractivity contribution in [3.05, 3.63) is 35.9 Å². The summed E-state index contributed by atoms with van der Waals surface area (Å²) in [6.07, 6.45) is 3.32. The molecule has 0 saturated carbocycles. The Balaban J connectivity index is 1.79. The molecule has 21 heavy (non-hydrogen) atoms. The van der Waals surface area contributed by atoms with Gasteiger partial charge in [0.15, 0.2) is 5.60 Å². The highest BCUT2D eigenvalue weighted by Gasteiger charge is 2.34. The molecular formula is C17H25NO3. The minimum Gasteiger partial charge on any atom is -0.467 e. The first-order valence-electron chi connectivity index (χ1n) is 7.58. The molecule has 1 N–H and O–H groups in total. The number of hydrogen-bond donors (Lipinski definition) is 1. The molecule has 1 saturated heterocycles. The van der Waals surface area contributed by atoms with Crippen molar-refractivity contribution < 1.29 is 14.6 Å². The van der Waals surface area contributed by atoms with E-state index in [0.717, 1.165) is 32.4 Å². The van der Waals surface area contributed by atoms with Crippen LogP contribution in [0.4, 0.5) is 0 Å². The molecule has 1 aromatic rings. The third kappa shape index (κ3) is 4.55. The number of benzene rings is 1. The van der Waals surface area contributed by atoms with Gasteiger partial charge in [-0.2, -0.15) is 0 Å². The van der Waals surface area contributed by atoms with Crippen molar-refractivity contribution in [1.29, 1.82) is 0 Å². The van der Waals surface area contributed by atoms with Crippen LogP contribution < -0.4 is 0 Å². The Labute approximate surface area is 126 Å². The molecule has 1 unspecified atom stereocenters. The number of nitrogens with zero attached hydrogens (tertiary/aromatic N) is 1. The minimum atomic E-state index is -1.42. The van der Waals surface area contributed by atoms with E-state index in [4.69, 9.17) is 0 Å². The molecule has 0 bridgehead atoms. The van der Waals surface area contributed by atoms with Crippen molar-refractivity contribution in [1.82, 2.24) is 4.90 Å². The molecule has 4 heteroatoms. The second-order valence-corrected chi connectivity index (χ2v) is 6.17. The standard InChI is InChI=1S/C17H25NO3/c1-17(20,16(19)21-2)13-18-10-8-15(9-11-18)12-14-6-4-3-5-7-14/h3-7,15,20H,8-13H2,1-2H3. The predicted molar refractivity (Wildman–Crippen MR) is 81.9 cm³/mol. The maximum Gasteiger partial charge on any atom is 0.338 e. The van der Waals surface area contributed by atoms with Gasteiger partial charge < -0.3 is 9.84 Å². The van der Waals surface area contributed by atoms with Crippen LogP contribution in [0.15, 0.2) is 30.3 Å². The number of β-amino-alcohol motifs (C(OH)–C–C–N with tert-alkyl or cyclic N) is 1. The van der Waals surface area contributed by atoms with Crippen LogP contribution in [0.1, 0.15) is 25.3 Å². The molecule has 0 aliphatic carbocycles. The zero-order valence-corrected chi connectivity index (χ0v) is 12.9. The van der Waals surface area contributed by atoms with E-state index >= 15 is 0 Å². The van der Waals surface area contributed by atoms with Crippen LogP contribution in [0.3, 0.4) is 0 Å². The first kappa shape index (κ1) is 16.0. The van der Waals surface area contributed by atoms with E-state index in [2.05, 4.69) is 33.9 Å². The number of carbonyl (C=O) groups is 1. The fraction of sp³-hybridized carbons (Fsp3) is 0.588. The summed E-state index contributed by atoms with van der Waals surface area (Å²) in [7, 11) is 1.31. The summed E-state index contributed by atoms with van der Waals surface area (Å²) >= 11 is 0. The van der Waals surface area contributed by atoms with E-state index in [0.29, 0.717) is 12.5 Å². The zero-order valence-electron chi connectivity index (χ0n) is 12.9. The number of carbonyl (C=O) groups excluding carboxylic acids is 1. The Kier molecular flexibility index (Phi) is 5.37. The van der Waals surface area contributed by atoms with Crippen LogP contribution in [0, 0.1) is 5.92 Å². The molecule has 2 rings (SSSR count). The molecule has 1 aliphatic heterocycles. The van der Waals surface area contributed by atoms with Gasteiger partial charge >= 0.3 is 5.97 Å². The monoisotopic (exact) mass is 291 g/mol. The molecule has 1 atom stereocenters. The summed E-state index contributed by atoms with van der Waals surface area (Å²) in [4.78, 5) is 13.7. The molecule has 0 aromatic heterocycles. The lowest BCUT2D eigenvalue weighted by Gasteiger charge is -2.35. The SMILES string of the molecule is COC(=O)C(C)(O)CN1CCC(Cc2ccccc2)CC1. The van der Waals surface area contributed by atoms with Crippen LogP contribution in [-0.2, 0) is 16.0 Å². The van der Waals surface area contributed by atoms with E-state index in [1.165, 1.54) is 19.6 Å². The Morgan fingerprint density at radius 3 is 2.52 bits per heavy atom. The second kappa shape index (κ2) is 7.05. The maximum absolute atomic E-state index is 11.5. The zero-order chi connectivity index (χ0) is 15.3. The number of methoxy groups -OCH3 is 1. The highest BCUT2D eigenvalue weighted by Crippen LogP contribution is 2.23. The van der Waals surface area contributed by atoms with E-state index in [1.54, 1.807) is 0 Å². The molecule has 1 aromatic carbocycles. The van der Waals surface area contributed by atoms with Crippen LogP contribution in [-0.4, -0.2) is 48.3 Å². The van der Waals surface area contributed by atoms with Crippen molar-refractivity contribution in [3.8, 4) is 0 Å². The molecule has 1 aliphatic rings. The van der Waals surface area contributed by atoms with Crippen molar-refractivity contribution in [3.63, 3.8) is 0 Å². The van der Waals surface area contributed by atoms with Gasteiger partial charge in [-0.15, -0.1) is 0 Å². The molecular weight excluding hydrogens is 266 g/mol. The summed E-state index contributed by atoms with van der Waals surface area (Å²) in [5.74, 6) is 0.126. The Bertz CT molecular complexity index is 450. The number of esters is 1. The van der Waals surface area contributed by atoms with Gasteiger partial charge in [0.25, 0.3) is 0 Å². The highest BCUT2D eigenvalue weighted by molar-refractivity contribution is 5.78. The smallest absolute Gasteiger partial charge is 0.338 e. The Morgan fingerprint density at radius 2 is 1.95 bits per heavy atom. The summed E-state index contributed by atoms with van der Waals surface area (Å²) in [6.45, 7) is 3.71. The summed E-state index contributed by atoms with van der Waals surface area (Å²) in [5.41, 5.74) is -0.0291. The molecule has 1 fully saturated rings. The van der Waals surface area contributed by atoms with Gasteiger partial charge in [-0.3, -0.25) is 4.90 Å². The number of hydrogen-bond acceptors (Lipinski definition) is 4. The fourth-order valence-corrected chi connectivity index (χ4v) is 3.02. The molecule has 0 radical (unpaired) electrons. The second-order valence-electron chi connectivity index (χ2n) is 6.17. The lowest BCUT2D eigenvalue weighted by molar-refractivity contribution is -0.162. The van der Waals surface area contributed by atoms with Gasteiger partial charge in [0.2, 0.25) is 0 Å². The summed E-state index contributed by atoms with van der Waals surface area (Å²) in [6, 6.07) is 10.6. The van der Waals surface area contributed by atoms with Gasteiger partial charge in [-0.25, -0.2) is 4.79 Å². The summed E-state index contributed by atoms with van der Waals surface area (Å²) in [5, 5.41) is 10.1. The largest absolute Gasteiger partial charge is 0.467 e. The normalized spacial score (nSPS) is 20.0. The van der Waals surface area contributed by atoms with E-state index in [1.807, 2.05) is 6.07 Å². The van der Waals surface area contributed by atoms with Gasteiger partial charge in [0.05, 0.1) is 7.11 Å². The first-order chi connectivity index (χ1) is 10.0. The van der Waals surface area contributed by atoms with Gasteiger partial charge in [0.1, 0.15) is 0 Å². The number of likely N-dealkylation sites (tertiary alicyclic amines) is 1.